The van der Waals surface area contributed by atoms with Gasteiger partial charge in [0.15, 0.2) is 11.5 Å². The van der Waals surface area contributed by atoms with Crippen LogP contribution in [0.4, 0.5) is 23.2 Å². The average molecular weight is 787 g/mol. The van der Waals surface area contributed by atoms with Gasteiger partial charge in [-0.3, -0.25) is 14.8 Å². The van der Waals surface area contributed by atoms with Crippen molar-refractivity contribution >= 4 is 50.7 Å². The van der Waals surface area contributed by atoms with Gasteiger partial charge in [-0.1, -0.05) is 29.8 Å². The highest BCUT2D eigenvalue weighted by molar-refractivity contribution is 6.30. The molecule has 2 N–H and O–H groups in total. The van der Waals surface area contributed by atoms with E-state index in [1.54, 1.807) is 38.1 Å². The molecule has 9 rings (SSSR count). The van der Waals surface area contributed by atoms with E-state index >= 15 is 0 Å². The number of nitrogens with zero attached hydrogens (tertiary/aromatic N) is 4. The van der Waals surface area contributed by atoms with Crippen LogP contribution in [0, 0.1) is 12.7 Å². The number of halogens is 5. The number of rotatable bonds is 8. The van der Waals surface area contributed by atoms with Crippen molar-refractivity contribution in [3.05, 3.63) is 117 Å². The third-order valence-electron chi connectivity index (χ3n) is 10.7. The number of anilines is 1. The number of alkyl halides is 3. The second-order valence-corrected chi connectivity index (χ2v) is 14.9. The fourth-order valence-electron chi connectivity index (χ4n) is 7.66. The standard InChI is InChI=1S/C41H35ClF4N6O4/c1-22-29-18-26(19-31(41(44,45)46)37(29)50-49-22)47-39(53)24-6-9-34-33(16-24)48-36(52(34)20-27-12-15-54-27)21-51-13-10-23(11-14-51)28-4-3-5-35-38(28)56-40(2,55-35)30-8-7-25(42)17-32(30)43/h3-10,16-19,27H,11-15,20-21H2,1-2H3,(H,47,53)(H,49,50)/t27?,40-/m1/s1. The molecule has 6 aromatic rings. The van der Waals surface area contributed by atoms with Gasteiger partial charge in [-0.2, -0.15) is 18.3 Å². The van der Waals surface area contributed by atoms with Crippen LogP contribution in [0.2, 0.25) is 5.02 Å². The number of para-hydroxylation sites is 1. The summed E-state index contributed by atoms with van der Waals surface area (Å²) in [6.07, 6.45) is -0.834. The zero-order chi connectivity index (χ0) is 38.9. The predicted octanol–water partition coefficient (Wildman–Crippen LogP) is 9.01. The monoisotopic (exact) mass is 786 g/mol. The highest BCUT2D eigenvalue weighted by Crippen LogP contribution is 2.49. The summed E-state index contributed by atoms with van der Waals surface area (Å²) in [5, 5.41) is 9.62. The van der Waals surface area contributed by atoms with Crippen LogP contribution in [0.5, 0.6) is 11.5 Å². The van der Waals surface area contributed by atoms with Gasteiger partial charge in [0.2, 0.25) is 0 Å². The highest BCUT2D eigenvalue weighted by Gasteiger charge is 2.42. The molecule has 5 heterocycles. The first-order valence-corrected chi connectivity index (χ1v) is 18.6. The number of aromatic nitrogens is 4. The number of nitrogens with one attached hydrogen (secondary N) is 2. The molecule has 1 fully saturated rings. The molecule has 3 aliphatic heterocycles. The van der Waals surface area contributed by atoms with E-state index in [-0.39, 0.29) is 38.8 Å². The molecule has 2 atom stereocenters. The molecule has 15 heteroatoms. The molecule has 4 aromatic carbocycles. The summed E-state index contributed by atoms with van der Waals surface area (Å²) in [5.74, 6) is -0.542. The van der Waals surface area contributed by atoms with Crippen molar-refractivity contribution in [2.24, 2.45) is 0 Å². The van der Waals surface area contributed by atoms with Gasteiger partial charge < -0.3 is 24.1 Å². The quantitative estimate of drug-likeness (QED) is 0.148. The Bertz CT molecular complexity index is 2580. The van der Waals surface area contributed by atoms with Crippen molar-refractivity contribution in [3.63, 3.8) is 0 Å². The summed E-state index contributed by atoms with van der Waals surface area (Å²) < 4.78 is 77.0. The fourth-order valence-corrected chi connectivity index (χ4v) is 7.82. The molecule has 0 saturated carbocycles. The molecule has 0 radical (unpaired) electrons. The normalized spacial score (nSPS) is 19.7. The third kappa shape index (κ3) is 6.54. The van der Waals surface area contributed by atoms with Crippen molar-refractivity contribution < 1.29 is 36.6 Å². The van der Waals surface area contributed by atoms with Crippen molar-refractivity contribution in [3.8, 4) is 11.5 Å². The van der Waals surface area contributed by atoms with E-state index in [0.29, 0.717) is 55.4 Å². The van der Waals surface area contributed by atoms with Crippen LogP contribution in [0.3, 0.4) is 0 Å². The lowest BCUT2D eigenvalue weighted by Gasteiger charge is -2.29. The number of hydrogen-bond donors (Lipinski definition) is 2. The number of benzene rings is 4. The van der Waals surface area contributed by atoms with Gasteiger partial charge in [0.05, 0.1) is 41.4 Å². The minimum atomic E-state index is -4.66. The average Bonchev–Trinajstić information content (AvgIpc) is 3.80. The summed E-state index contributed by atoms with van der Waals surface area (Å²) in [6, 6.07) is 17.6. The minimum Gasteiger partial charge on any atom is -0.444 e. The van der Waals surface area contributed by atoms with E-state index in [1.165, 1.54) is 12.1 Å². The van der Waals surface area contributed by atoms with Gasteiger partial charge in [0.25, 0.3) is 11.7 Å². The van der Waals surface area contributed by atoms with Crippen LogP contribution in [-0.2, 0) is 29.8 Å². The van der Waals surface area contributed by atoms with Crippen molar-refractivity contribution in [2.75, 3.05) is 25.0 Å². The Morgan fingerprint density at radius 2 is 1.95 bits per heavy atom. The largest absolute Gasteiger partial charge is 0.444 e. The number of H-pyrrole nitrogens is 1. The molecular weight excluding hydrogens is 752 g/mol. The van der Waals surface area contributed by atoms with E-state index < -0.39 is 29.3 Å². The number of aryl methyl sites for hydroxylation is 1. The van der Waals surface area contributed by atoms with Crippen LogP contribution in [0.15, 0.2) is 72.8 Å². The Morgan fingerprint density at radius 1 is 1.11 bits per heavy atom. The molecule has 0 spiro atoms. The number of aromatic amines is 1. The van der Waals surface area contributed by atoms with Gasteiger partial charge >= 0.3 is 6.18 Å². The SMILES string of the molecule is Cc1[nH]nc2c(C(F)(F)F)cc(NC(=O)c3ccc4c(c3)nc(CN3CC=C(c5cccc6c5O[C@](C)(c5ccc(Cl)cc5F)O6)CC3)n4CC3CCO3)cc12. The Kier molecular flexibility index (Phi) is 8.82. The number of amides is 1. The first kappa shape index (κ1) is 36.2. The molecule has 0 aliphatic carbocycles. The number of hydrogen-bond acceptors (Lipinski definition) is 7. The molecule has 56 heavy (non-hydrogen) atoms. The summed E-state index contributed by atoms with van der Waals surface area (Å²) >= 11 is 5.99. The Labute approximate surface area is 323 Å². The number of fused-ring (bicyclic) bond motifs is 3. The molecular formula is C41H35ClF4N6O4. The topological polar surface area (TPSA) is 107 Å². The van der Waals surface area contributed by atoms with Crippen LogP contribution < -0.4 is 14.8 Å². The maximum Gasteiger partial charge on any atom is 0.418 e. The Hall–Kier alpha value is -5.44. The second kappa shape index (κ2) is 13.6. The van der Waals surface area contributed by atoms with Gasteiger partial charge in [-0.15, -0.1) is 0 Å². The maximum atomic E-state index is 14.9. The smallest absolute Gasteiger partial charge is 0.418 e. The predicted molar refractivity (Wildman–Crippen MR) is 202 cm³/mol. The lowest BCUT2D eigenvalue weighted by atomic mass is 9.98. The third-order valence-corrected chi connectivity index (χ3v) is 10.9. The van der Waals surface area contributed by atoms with Gasteiger partial charge in [-0.25, -0.2) is 9.37 Å². The summed E-state index contributed by atoms with van der Waals surface area (Å²) in [6.45, 7) is 6.47. The van der Waals surface area contributed by atoms with E-state index in [9.17, 15) is 22.4 Å². The van der Waals surface area contributed by atoms with E-state index in [4.69, 9.17) is 30.8 Å². The number of carbonyl (C=O) groups excluding carboxylic acids is 1. The number of carbonyl (C=O) groups is 1. The number of imidazole rings is 1. The summed E-state index contributed by atoms with van der Waals surface area (Å²) in [7, 11) is 0. The molecule has 1 saturated heterocycles. The van der Waals surface area contributed by atoms with E-state index in [1.807, 2.05) is 24.3 Å². The van der Waals surface area contributed by atoms with Crippen molar-refractivity contribution in [2.45, 2.75) is 57.8 Å². The molecule has 10 nitrogen and oxygen atoms in total. The Morgan fingerprint density at radius 3 is 2.68 bits per heavy atom. The molecule has 288 valence electrons. The van der Waals surface area contributed by atoms with E-state index in [2.05, 4.69) is 31.1 Å². The van der Waals surface area contributed by atoms with Crippen molar-refractivity contribution in [1.82, 2.24) is 24.6 Å². The van der Waals surface area contributed by atoms with Crippen LogP contribution in [0.25, 0.3) is 27.5 Å². The van der Waals surface area contributed by atoms with Crippen LogP contribution >= 0.6 is 11.6 Å². The van der Waals surface area contributed by atoms with Gasteiger partial charge in [0, 0.05) is 59.5 Å². The lowest BCUT2D eigenvalue weighted by Crippen LogP contribution is -2.33. The van der Waals surface area contributed by atoms with Gasteiger partial charge in [0.1, 0.15) is 17.2 Å². The zero-order valence-corrected chi connectivity index (χ0v) is 31.0. The molecule has 1 unspecified atom stereocenters. The highest BCUT2D eigenvalue weighted by atomic mass is 35.5. The van der Waals surface area contributed by atoms with Crippen LogP contribution in [-0.4, -0.2) is 56.4 Å². The van der Waals surface area contributed by atoms with E-state index in [0.717, 1.165) is 41.5 Å². The lowest BCUT2D eigenvalue weighted by molar-refractivity contribution is -0.136. The molecule has 1 amide bonds. The maximum absolute atomic E-state index is 14.9. The van der Waals surface area contributed by atoms with Crippen molar-refractivity contribution in [1.29, 1.82) is 0 Å². The molecule has 0 bridgehead atoms. The molecule has 2 aromatic heterocycles. The van der Waals surface area contributed by atoms with Crippen LogP contribution in [0.1, 0.15) is 58.3 Å². The van der Waals surface area contributed by atoms with Gasteiger partial charge in [-0.05, 0) is 79.9 Å². The zero-order valence-electron chi connectivity index (χ0n) is 30.3. The first-order chi connectivity index (χ1) is 26.8. The summed E-state index contributed by atoms with van der Waals surface area (Å²) in [5.41, 5.74) is 3.22. The first-order valence-electron chi connectivity index (χ1n) is 18.2. The minimum absolute atomic E-state index is 0.00862. The fraction of sp³-hybridized carbons (Fsp3) is 0.293. The Balaban J connectivity index is 0.947. The number of ether oxygens (including phenoxy) is 3. The summed E-state index contributed by atoms with van der Waals surface area (Å²) in [4.78, 5) is 20.7. The second-order valence-electron chi connectivity index (χ2n) is 14.5. The molecule has 3 aliphatic rings.